The van der Waals surface area contributed by atoms with E-state index in [0.29, 0.717) is 24.4 Å². The van der Waals surface area contributed by atoms with E-state index in [-0.39, 0.29) is 25.6 Å². The van der Waals surface area contributed by atoms with Gasteiger partial charge < -0.3 is 14.5 Å². The highest BCUT2D eigenvalue weighted by atomic mass is 32.3. The molecule has 3 atom stereocenters. The number of likely N-dealkylation sites (tertiary alicyclic amines) is 1. The number of hydrogen-bond acceptors (Lipinski definition) is 8. The number of carbonyl (C=O) groups is 3. The Hall–Kier alpha value is -2.16. The van der Waals surface area contributed by atoms with Crippen LogP contribution in [0.4, 0.5) is 9.59 Å². The van der Waals surface area contributed by atoms with Crippen LogP contribution in [0.25, 0.3) is 0 Å². The summed E-state index contributed by atoms with van der Waals surface area (Å²) in [7, 11) is -4.86. The quantitative estimate of drug-likeness (QED) is 0.417. The lowest BCUT2D eigenvalue weighted by atomic mass is 10.0. The van der Waals surface area contributed by atoms with Crippen LogP contribution in [-0.4, -0.2) is 89.3 Å². The molecular weight excluding hydrogens is 448 g/mol. The highest BCUT2D eigenvalue weighted by molar-refractivity contribution is 7.80. The van der Waals surface area contributed by atoms with Gasteiger partial charge in [0, 0.05) is 13.1 Å². The number of nitrogens with zero attached hydrogens (tertiary/aromatic N) is 3. The molecule has 0 saturated carbocycles. The van der Waals surface area contributed by atoms with Crippen molar-refractivity contribution in [3.63, 3.8) is 0 Å². The van der Waals surface area contributed by atoms with Crippen LogP contribution in [-0.2, 0) is 29.1 Å². The van der Waals surface area contributed by atoms with Crippen molar-refractivity contribution in [1.29, 1.82) is 0 Å². The molecule has 4 amide bonds. The molecule has 3 saturated heterocycles. The van der Waals surface area contributed by atoms with Gasteiger partial charge in [-0.3, -0.25) is 14.2 Å². The van der Waals surface area contributed by atoms with Crippen LogP contribution in [0.5, 0.6) is 0 Å². The van der Waals surface area contributed by atoms with Gasteiger partial charge in [0.1, 0.15) is 11.6 Å². The van der Waals surface area contributed by atoms with Crippen LogP contribution in [0.2, 0.25) is 0 Å². The third kappa shape index (κ3) is 5.99. The van der Waals surface area contributed by atoms with Gasteiger partial charge in [-0.25, -0.2) is 15.1 Å². The third-order valence-corrected chi connectivity index (χ3v) is 5.85. The van der Waals surface area contributed by atoms with Crippen LogP contribution in [0.15, 0.2) is 0 Å². The zero-order chi connectivity index (χ0) is 23.7. The molecule has 0 aromatic rings. The Balaban J connectivity index is 1.52. The van der Waals surface area contributed by atoms with E-state index >= 15 is 0 Å². The third-order valence-electron chi connectivity index (χ3n) is 5.50. The van der Waals surface area contributed by atoms with Crippen molar-refractivity contribution in [2.24, 2.45) is 0 Å². The Kier molecular flexibility index (Phi) is 7.17. The zero-order valence-corrected chi connectivity index (χ0v) is 19.2. The highest BCUT2D eigenvalue weighted by Gasteiger charge is 2.49. The molecule has 2 N–H and O–H groups in total. The number of ether oxygens (including phenoxy) is 1. The van der Waals surface area contributed by atoms with Gasteiger partial charge in [0.15, 0.2) is 0 Å². The Labute approximate surface area is 186 Å². The summed E-state index contributed by atoms with van der Waals surface area (Å²) in [6.07, 6.45) is 2.61. The zero-order valence-electron chi connectivity index (χ0n) is 18.4. The van der Waals surface area contributed by atoms with Crippen molar-refractivity contribution in [2.75, 3.05) is 19.7 Å². The fourth-order valence-electron chi connectivity index (χ4n) is 4.12. The van der Waals surface area contributed by atoms with Crippen LogP contribution in [0, 0.1) is 0 Å². The Morgan fingerprint density at radius 1 is 1.19 bits per heavy atom. The van der Waals surface area contributed by atoms with E-state index in [1.165, 1.54) is 4.90 Å². The molecule has 2 bridgehead atoms. The monoisotopic (exact) mass is 478 g/mol. The molecule has 3 fully saturated rings. The molecule has 0 radical (unpaired) electrons. The van der Waals surface area contributed by atoms with Crippen LogP contribution in [0.1, 0.15) is 52.9 Å². The molecule has 3 heterocycles. The lowest BCUT2D eigenvalue weighted by molar-refractivity contribution is -0.140. The maximum Gasteiger partial charge on any atom is 0.418 e. The van der Waals surface area contributed by atoms with Crippen LogP contribution >= 0.6 is 0 Å². The van der Waals surface area contributed by atoms with E-state index in [9.17, 15) is 22.8 Å². The number of hydroxylamine groups is 3. The first-order chi connectivity index (χ1) is 14.9. The SMILES string of the molecule is CC(C)(C)OC(=O)N1CCCC[C@H]1CONC(=O)[C@@H]1CC[C@@H]2CN1C(=O)N2OS(=O)(=O)O. The number of piperidine rings is 2. The summed E-state index contributed by atoms with van der Waals surface area (Å²) in [4.78, 5) is 45.6. The van der Waals surface area contributed by atoms with Crippen molar-refractivity contribution in [3.05, 3.63) is 0 Å². The van der Waals surface area contributed by atoms with Gasteiger partial charge in [0.05, 0.1) is 18.7 Å². The lowest BCUT2D eigenvalue weighted by Gasteiger charge is -2.36. The summed E-state index contributed by atoms with van der Waals surface area (Å²) in [5, 5.41) is 0.574. The first-order valence-corrected chi connectivity index (χ1v) is 11.9. The maximum atomic E-state index is 12.6. The van der Waals surface area contributed by atoms with E-state index in [4.69, 9.17) is 14.1 Å². The predicted octanol–water partition coefficient (Wildman–Crippen LogP) is 0.827. The van der Waals surface area contributed by atoms with Crippen molar-refractivity contribution in [3.8, 4) is 0 Å². The standard InChI is InChI=1S/C18H30N4O9S/c1-18(2,3)30-17(25)20-9-5-4-6-13(20)11-29-19-15(23)14-8-7-12-10-21(14)16(24)22(12)31-32(26,27)28/h12-14H,4-11H2,1-3H3,(H,19,23)(H,26,27,28)/t12-,13+,14+/m1/s1. The van der Waals surface area contributed by atoms with Gasteiger partial charge in [0.25, 0.3) is 5.91 Å². The highest BCUT2D eigenvalue weighted by Crippen LogP contribution is 2.30. The molecule has 0 aromatic heterocycles. The second kappa shape index (κ2) is 9.37. The van der Waals surface area contributed by atoms with Crippen molar-refractivity contribution >= 4 is 28.4 Å². The Morgan fingerprint density at radius 2 is 1.91 bits per heavy atom. The molecule has 3 rings (SSSR count). The van der Waals surface area contributed by atoms with E-state index < -0.39 is 46.1 Å². The molecule has 3 aliphatic heterocycles. The van der Waals surface area contributed by atoms with E-state index in [0.717, 1.165) is 12.8 Å². The van der Waals surface area contributed by atoms with Crippen molar-refractivity contribution in [1.82, 2.24) is 20.3 Å². The summed E-state index contributed by atoms with van der Waals surface area (Å²) in [6, 6.07) is -2.54. The molecule has 13 nitrogen and oxygen atoms in total. The second-order valence-electron chi connectivity index (χ2n) is 9.11. The average Bonchev–Trinajstić information content (AvgIpc) is 2.90. The van der Waals surface area contributed by atoms with E-state index in [1.807, 2.05) is 0 Å². The fourth-order valence-corrected chi connectivity index (χ4v) is 4.50. The number of amides is 4. The molecular formula is C18H30N4O9S. The van der Waals surface area contributed by atoms with Crippen LogP contribution < -0.4 is 5.48 Å². The van der Waals surface area contributed by atoms with Gasteiger partial charge >= 0.3 is 22.5 Å². The Morgan fingerprint density at radius 3 is 2.56 bits per heavy atom. The summed E-state index contributed by atoms with van der Waals surface area (Å²) in [5.41, 5.74) is 1.71. The molecule has 3 aliphatic rings. The summed E-state index contributed by atoms with van der Waals surface area (Å²) in [6.45, 7) is 6.05. The van der Waals surface area contributed by atoms with Crippen LogP contribution in [0.3, 0.4) is 0 Å². The van der Waals surface area contributed by atoms with Gasteiger partial charge in [-0.15, -0.1) is 4.28 Å². The molecule has 0 unspecified atom stereocenters. The molecule has 0 spiro atoms. The number of fused-ring (bicyclic) bond motifs is 2. The number of carbonyl (C=O) groups excluding carboxylic acids is 3. The predicted molar refractivity (Wildman–Crippen MR) is 108 cm³/mol. The number of hydrogen-bond donors (Lipinski definition) is 2. The Bertz CT molecular complexity index is 844. The summed E-state index contributed by atoms with van der Waals surface area (Å²) in [5.74, 6) is -0.565. The van der Waals surface area contributed by atoms with Crippen molar-refractivity contribution in [2.45, 2.75) is 76.6 Å². The van der Waals surface area contributed by atoms with E-state index in [1.54, 1.807) is 25.7 Å². The molecule has 0 aromatic carbocycles. The normalized spacial score (nSPS) is 26.3. The van der Waals surface area contributed by atoms with Gasteiger partial charge in [-0.1, -0.05) is 0 Å². The summed E-state index contributed by atoms with van der Waals surface area (Å²) < 4.78 is 40.6. The molecule has 14 heteroatoms. The average molecular weight is 479 g/mol. The summed E-state index contributed by atoms with van der Waals surface area (Å²) >= 11 is 0. The topological polar surface area (TPSA) is 155 Å². The first kappa shape index (κ1) is 24.5. The van der Waals surface area contributed by atoms with E-state index in [2.05, 4.69) is 9.76 Å². The van der Waals surface area contributed by atoms with Gasteiger partial charge in [-0.05, 0) is 52.9 Å². The van der Waals surface area contributed by atoms with Crippen molar-refractivity contribution < 1.29 is 41.2 Å². The molecule has 182 valence electrons. The minimum Gasteiger partial charge on any atom is -0.444 e. The maximum absolute atomic E-state index is 12.6. The number of urea groups is 1. The second-order valence-corrected chi connectivity index (χ2v) is 10.1. The largest absolute Gasteiger partial charge is 0.444 e. The van der Waals surface area contributed by atoms with Gasteiger partial charge in [-0.2, -0.15) is 13.5 Å². The fraction of sp³-hybridized carbons (Fsp3) is 0.833. The van der Waals surface area contributed by atoms with Gasteiger partial charge in [0.2, 0.25) is 0 Å². The molecule has 32 heavy (non-hydrogen) atoms. The lowest BCUT2D eigenvalue weighted by Crippen LogP contribution is -2.52. The number of rotatable bonds is 6. The molecule has 0 aliphatic carbocycles. The number of nitrogens with one attached hydrogen (secondary N) is 1. The minimum absolute atomic E-state index is 0.0618. The first-order valence-electron chi connectivity index (χ1n) is 10.5. The minimum atomic E-state index is -4.86. The smallest absolute Gasteiger partial charge is 0.418 e.